The van der Waals surface area contributed by atoms with Crippen molar-refractivity contribution in [3.05, 3.63) is 66.7 Å². The lowest BCUT2D eigenvalue weighted by Gasteiger charge is -2.23. The van der Waals surface area contributed by atoms with E-state index >= 15 is 0 Å². The van der Waals surface area contributed by atoms with E-state index in [-0.39, 0.29) is 11.4 Å². The van der Waals surface area contributed by atoms with Gasteiger partial charge in [0.25, 0.3) is 10.0 Å². The van der Waals surface area contributed by atoms with Gasteiger partial charge in [0, 0.05) is 5.69 Å². The minimum Gasteiger partial charge on any atom is -0.324 e. The van der Waals surface area contributed by atoms with Crippen LogP contribution in [-0.2, 0) is 14.8 Å². The average molecular weight is 365 g/mol. The van der Waals surface area contributed by atoms with Gasteiger partial charge in [-0.25, -0.2) is 17.7 Å². The minimum atomic E-state index is -3.78. The second-order valence-corrected chi connectivity index (χ2v) is 7.73. The van der Waals surface area contributed by atoms with E-state index in [0.29, 0.717) is 11.4 Å². The van der Waals surface area contributed by atoms with Crippen molar-refractivity contribution in [1.82, 2.24) is 4.31 Å². The van der Waals surface area contributed by atoms with E-state index in [1.54, 1.807) is 24.3 Å². The molecule has 0 unspecified atom stereocenters. The largest absolute Gasteiger partial charge is 0.324 e. The first kappa shape index (κ1) is 16.3. The third-order valence-electron chi connectivity index (χ3n) is 4.11. The Morgan fingerprint density at radius 2 is 1.69 bits per heavy atom. The predicted molar refractivity (Wildman–Crippen MR) is 101 cm³/mol. The van der Waals surface area contributed by atoms with Crippen LogP contribution in [0.3, 0.4) is 0 Å². The highest BCUT2D eigenvalue weighted by atomic mass is 32.2. The molecule has 0 radical (unpaired) electrons. The summed E-state index contributed by atoms with van der Waals surface area (Å²) in [4.78, 5) is 16.5. The Balaban J connectivity index is 1.53. The highest BCUT2D eigenvalue weighted by Gasteiger charge is 2.29. The number of anilines is 1. The molecule has 0 fully saturated rings. The summed E-state index contributed by atoms with van der Waals surface area (Å²) >= 11 is 0. The SMILES string of the molecule is O=C(CN1C=Nc2ccccc2S1(=O)=O)Nc1ccc2ccccc2c1. The highest BCUT2D eigenvalue weighted by Crippen LogP contribution is 2.29. The topological polar surface area (TPSA) is 78.8 Å². The number of amides is 1. The van der Waals surface area contributed by atoms with Crippen molar-refractivity contribution in [3.63, 3.8) is 0 Å². The maximum absolute atomic E-state index is 12.6. The Kier molecular flexibility index (Phi) is 3.93. The molecule has 0 aromatic heterocycles. The zero-order chi connectivity index (χ0) is 18.1. The molecule has 1 amide bonds. The van der Waals surface area contributed by atoms with E-state index in [1.807, 2.05) is 36.4 Å². The van der Waals surface area contributed by atoms with Gasteiger partial charge in [-0.05, 0) is 35.0 Å². The molecule has 6 nitrogen and oxygen atoms in total. The molecule has 0 atom stereocenters. The van der Waals surface area contributed by atoms with Crippen molar-refractivity contribution in [2.24, 2.45) is 4.99 Å². The molecule has 1 aliphatic rings. The fourth-order valence-corrected chi connectivity index (χ4v) is 4.18. The Labute approximate surface area is 150 Å². The number of benzene rings is 3. The summed E-state index contributed by atoms with van der Waals surface area (Å²) in [7, 11) is -3.78. The van der Waals surface area contributed by atoms with Gasteiger partial charge in [-0.1, -0.05) is 42.5 Å². The maximum Gasteiger partial charge on any atom is 0.267 e. The lowest BCUT2D eigenvalue weighted by Crippen LogP contribution is -2.38. The molecule has 3 aromatic rings. The van der Waals surface area contributed by atoms with Gasteiger partial charge in [0.15, 0.2) is 0 Å². The quantitative estimate of drug-likeness (QED) is 0.774. The summed E-state index contributed by atoms with van der Waals surface area (Å²) in [5.41, 5.74) is 0.985. The van der Waals surface area contributed by atoms with Gasteiger partial charge < -0.3 is 5.32 Å². The molecule has 1 N–H and O–H groups in total. The summed E-state index contributed by atoms with van der Waals surface area (Å²) < 4.78 is 26.2. The average Bonchev–Trinajstić information content (AvgIpc) is 2.64. The Hall–Kier alpha value is -3.19. The fourth-order valence-electron chi connectivity index (χ4n) is 2.83. The van der Waals surface area contributed by atoms with E-state index in [4.69, 9.17) is 0 Å². The molecule has 1 heterocycles. The summed E-state index contributed by atoms with van der Waals surface area (Å²) in [5, 5.41) is 4.79. The summed E-state index contributed by atoms with van der Waals surface area (Å²) in [6, 6.07) is 19.8. The number of para-hydroxylation sites is 1. The lowest BCUT2D eigenvalue weighted by molar-refractivity contribution is -0.115. The van der Waals surface area contributed by atoms with Crippen LogP contribution in [0.15, 0.2) is 76.6 Å². The van der Waals surface area contributed by atoms with Crippen molar-refractivity contribution in [2.45, 2.75) is 4.90 Å². The molecule has 130 valence electrons. The maximum atomic E-state index is 12.6. The van der Waals surface area contributed by atoms with Crippen LogP contribution in [0.5, 0.6) is 0 Å². The number of aliphatic imine (C=N–C) groups is 1. The number of rotatable bonds is 3. The zero-order valence-corrected chi connectivity index (χ0v) is 14.5. The van der Waals surface area contributed by atoms with Gasteiger partial charge in [-0.15, -0.1) is 0 Å². The van der Waals surface area contributed by atoms with Crippen LogP contribution in [-0.4, -0.2) is 31.5 Å². The normalized spacial score (nSPS) is 14.8. The van der Waals surface area contributed by atoms with Gasteiger partial charge >= 0.3 is 0 Å². The van der Waals surface area contributed by atoms with Crippen molar-refractivity contribution in [1.29, 1.82) is 0 Å². The van der Waals surface area contributed by atoms with Crippen LogP contribution in [0.4, 0.5) is 11.4 Å². The number of nitrogens with zero attached hydrogens (tertiary/aromatic N) is 2. The molecule has 0 saturated heterocycles. The molecule has 26 heavy (non-hydrogen) atoms. The van der Waals surface area contributed by atoms with Crippen LogP contribution in [0, 0.1) is 0 Å². The number of sulfonamides is 1. The number of hydrogen-bond donors (Lipinski definition) is 1. The second-order valence-electron chi connectivity index (χ2n) is 5.87. The molecule has 4 rings (SSSR count). The van der Waals surface area contributed by atoms with E-state index in [2.05, 4.69) is 10.3 Å². The number of nitrogens with one attached hydrogen (secondary N) is 1. The van der Waals surface area contributed by atoms with Crippen molar-refractivity contribution in [3.8, 4) is 0 Å². The van der Waals surface area contributed by atoms with E-state index < -0.39 is 15.9 Å². The van der Waals surface area contributed by atoms with Crippen LogP contribution in [0.2, 0.25) is 0 Å². The standard InChI is InChI=1S/C19H15N3O3S/c23-19(21-16-10-9-14-5-1-2-6-15(14)11-16)12-22-13-20-17-7-3-4-8-18(17)26(22,24)25/h1-11,13H,12H2,(H,21,23). The second kappa shape index (κ2) is 6.27. The first-order valence-corrected chi connectivity index (χ1v) is 9.42. The Bertz CT molecular complexity index is 1140. The van der Waals surface area contributed by atoms with E-state index in [9.17, 15) is 13.2 Å². The molecule has 0 saturated carbocycles. The minimum absolute atomic E-state index is 0.0982. The van der Waals surface area contributed by atoms with Crippen molar-refractivity contribution < 1.29 is 13.2 Å². The molecular formula is C19H15N3O3S. The van der Waals surface area contributed by atoms with Gasteiger partial charge in [0.2, 0.25) is 5.91 Å². The molecule has 0 spiro atoms. The molecule has 7 heteroatoms. The summed E-state index contributed by atoms with van der Waals surface area (Å²) in [6.45, 7) is -0.340. The Morgan fingerprint density at radius 3 is 2.54 bits per heavy atom. The fraction of sp³-hybridized carbons (Fsp3) is 0.0526. The number of carbonyl (C=O) groups excluding carboxylic acids is 1. The van der Waals surface area contributed by atoms with E-state index in [0.717, 1.165) is 15.1 Å². The predicted octanol–water partition coefficient (Wildman–Crippen LogP) is 3.14. The van der Waals surface area contributed by atoms with Crippen molar-refractivity contribution in [2.75, 3.05) is 11.9 Å². The lowest BCUT2D eigenvalue weighted by atomic mass is 10.1. The van der Waals surface area contributed by atoms with Crippen molar-refractivity contribution >= 4 is 44.4 Å². The van der Waals surface area contributed by atoms with E-state index in [1.165, 1.54) is 12.4 Å². The third kappa shape index (κ3) is 2.93. The zero-order valence-electron chi connectivity index (χ0n) is 13.7. The van der Waals surface area contributed by atoms with Crippen LogP contribution in [0.1, 0.15) is 0 Å². The van der Waals surface area contributed by atoms with Crippen LogP contribution < -0.4 is 5.32 Å². The van der Waals surface area contributed by atoms with Gasteiger partial charge in [-0.2, -0.15) is 0 Å². The van der Waals surface area contributed by atoms with Gasteiger partial charge in [0.1, 0.15) is 17.8 Å². The summed E-state index contributed by atoms with van der Waals surface area (Å²) in [6.07, 6.45) is 1.18. The number of fused-ring (bicyclic) bond motifs is 2. The van der Waals surface area contributed by atoms with Gasteiger partial charge in [-0.3, -0.25) is 4.79 Å². The van der Waals surface area contributed by atoms with Gasteiger partial charge in [0.05, 0.1) is 5.69 Å². The first-order valence-electron chi connectivity index (χ1n) is 7.98. The smallest absolute Gasteiger partial charge is 0.267 e. The third-order valence-corrected chi connectivity index (χ3v) is 5.85. The molecule has 3 aromatic carbocycles. The molecule has 1 aliphatic heterocycles. The monoisotopic (exact) mass is 365 g/mol. The van der Waals surface area contributed by atoms with Crippen LogP contribution in [0.25, 0.3) is 10.8 Å². The number of carbonyl (C=O) groups is 1. The molecule has 0 aliphatic carbocycles. The molecular weight excluding hydrogens is 350 g/mol. The highest BCUT2D eigenvalue weighted by molar-refractivity contribution is 7.89. The summed E-state index contributed by atoms with van der Waals surface area (Å²) in [5.74, 6) is -0.435. The van der Waals surface area contributed by atoms with Crippen LogP contribution >= 0.6 is 0 Å². The number of hydrogen-bond acceptors (Lipinski definition) is 4. The Morgan fingerprint density at radius 1 is 0.962 bits per heavy atom. The molecule has 0 bridgehead atoms. The first-order chi connectivity index (χ1) is 12.5.